The molecule has 13 heavy (non-hydrogen) atoms. The van der Waals surface area contributed by atoms with E-state index in [4.69, 9.17) is 5.26 Å². The highest BCUT2D eigenvalue weighted by molar-refractivity contribution is 9.10. The molecule has 2 rings (SSSR count). The van der Waals surface area contributed by atoms with Gasteiger partial charge in [-0.25, -0.2) is 0 Å². The monoisotopic (exact) mass is 269 g/mol. The van der Waals surface area contributed by atoms with Crippen LogP contribution in [0.3, 0.4) is 0 Å². The van der Waals surface area contributed by atoms with Crippen LogP contribution < -0.4 is 0 Å². The lowest BCUT2D eigenvalue weighted by atomic mass is 10.2. The SMILES string of the molecule is N#Cc1ccc2scc(Br)c2c1S. The number of thiophene rings is 1. The fourth-order valence-corrected chi connectivity index (χ4v) is 3.41. The maximum absolute atomic E-state index is 8.80. The molecule has 0 atom stereocenters. The van der Waals surface area contributed by atoms with Gasteiger partial charge in [0.2, 0.25) is 0 Å². The zero-order chi connectivity index (χ0) is 9.42. The zero-order valence-electron chi connectivity index (χ0n) is 6.41. The van der Waals surface area contributed by atoms with Gasteiger partial charge in [0, 0.05) is 24.8 Å². The molecule has 0 aliphatic rings. The lowest BCUT2D eigenvalue weighted by Gasteiger charge is -1.98. The summed E-state index contributed by atoms with van der Waals surface area (Å²) in [5.74, 6) is 0. The molecule has 0 amide bonds. The van der Waals surface area contributed by atoms with Gasteiger partial charge in [0.25, 0.3) is 0 Å². The van der Waals surface area contributed by atoms with Crippen LogP contribution in [0.5, 0.6) is 0 Å². The summed E-state index contributed by atoms with van der Waals surface area (Å²) in [5.41, 5.74) is 0.620. The second-order valence-electron chi connectivity index (χ2n) is 2.53. The average Bonchev–Trinajstić information content (AvgIpc) is 2.49. The molecule has 0 spiro atoms. The van der Waals surface area contributed by atoms with Crippen molar-refractivity contribution in [2.45, 2.75) is 4.90 Å². The Balaban J connectivity index is 2.93. The van der Waals surface area contributed by atoms with Gasteiger partial charge in [-0.3, -0.25) is 0 Å². The molecule has 0 N–H and O–H groups in total. The number of rotatable bonds is 0. The average molecular weight is 270 g/mol. The Hall–Kier alpha value is -0.500. The van der Waals surface area contributed by atoms with Crippen LogP contribution in [0.1, 0.15) is 5.56 Å². The first kappa shape index (κ1) is 9.07. The molecule has 0 radical (unpaired) electrons. The summed E-state index contributed by atoms with van der Waals surface area (Å²) in [6, 6.07) is 5.86. The van der Waals surface area contributed by atoms with Gasteiger partial charge < -0.3 is 0 Å². The number of fused-ring (bicyclic) bond motifs is 1. The Labute approximate surface area is 93.5 Å². The first-order chi connectivity index (χ1) is 6.24. The van der Waals surface area contributed by atoms with Crippen LogP contribution in [0, 0.1) is 11.3 Å². The summed E-state index contributed by atoms with van der Waals surface area (Å²) in [7, 11) is 0. The number of hydrogen-bond acceptors (Lipinski definition) is 3. The van der Waals surface area contributed by atoms with Crippen molar-refractivity contribution >= 4 is 50.0 Å². The van der Waals surface area contributed by atoms with Crippen LogP contribution in [0.15, 0.2) is 26.9 Å². The van der Waals surface area contributed by atoms with Gasteiger partial charge in [-0.1, -0.05) is 0 Å². The summed E-state index contributed by atoms with van der Waals surface area (Å²) in [6.45, 7) is 0. The molecule has 0 unspecified atom stereocenters. The minimum Gasteiger partial charge on any atom is -0.192 e. The van der Waals surface area contributed by atoms with E-state index in [2.05, 4.69) is 34.6 Å². The van der Waals surface area contributed by atoms with E-state index in [0.717, 1.165) is 19.5 Å². The number of nitriles is 1. The van der Waals surface area contributed by atoms with Gasteiger partial charge in [-0.05, 0) is 28.1 Å². The van der Waals surface area contributed by atoms with Crippen LogP contribution in [-0.2, 0) is 0 Å². The highest BCUT2D eigenvalue weighted by Crippen LogP contribution is 2.36. The smallest absolute Gasteiger partial charge is 0.100 e. The zero-order valence-corrected chi connectivity index (χ0v) is 9.71. The summed E-state index contributed by atoms with van der Waals surface area (Å²) >= 11 is 9.41. The largest absolute Gasteiger partial charge is 0.192 e. The molecule has 1 aromatic carbocycles. The van der Waals surface area contributed by atoms with E-state index in [1.54, 1.807) is 17.4 Å². The standard InChI is InChI=1S/C9H4BrNS2/c10-6-4-13-7-2-1-5(3-11)9(12)8(6)7/h1-2,4,12H. The maximum Gasteiger partial charge on any atom is 0.100 e. The van der Waals surface area contributed by atoms with Gasteiger partial charge in [0.1, 0.15) is 6.07 Å². The first-order valence-electron chi connectivity index (χ1n) is 3.53. The Bertz CT molecular complexity index is 510. The number of halogens is 1. The number of thiol groups is 1. The minimum absolute atomic E-state index is 0.620. The second kappa shape index (κ2) is 3.33. The molecule has 0 saturated carbocycles. The quantitative estimate of drug-likeness (QED) is 0.723. The van der Waals surface area contributed by atoms with Crippen LogP contribution in [0.4, 0.5) is 0 Å². The van der Waals surface area contributed by atoms with Gasteiger partial charge in [0.05, 0.1) is 5.56 Å². The summed E-state index contributed by atoms with van der Waals surface area (Å²) in [6.07, 6.45) is 0. The molecular formula is C9H4BrNS2. The van der Waals surface area contributed by atoms with Crippen LogP contribution >= 0.6 is 39.9 Å². The number of benzene rings is 1. The molecule has 0 bridgehead atoms. The molecule has 0 aliphatic carbocycles. The first-order valence-corrected chi connectivity index (χ1v) is 5.65. The van der Waals surface area contributed by atoms with Gasteiger partial charge in [-0.2, -0.15) is 5.26 Å². The molecule has 2 aromatic rings. The third kappa shape index (κ3) is 1.37. The van der Waals surface area contributed by atoms with Crippen LogP contribution in [0.25, 0.3) is 10.1 Å². The van der Waals surface area contributed by atoms with E-state index in [1.165, 1.54) is 0 Å². The van der Waals surface area contributed by atoms with Crippen LogP contribution in [-0.4, -0.2) is 0 Å². The number of nitrogens with zero attached hydrogens (tertiary/aromatic N) is 1. The van der Waals surface area contributed by atoms with E-state index in [0.29, 0.717) is 5.56 Å². The molecule has 1 nitrogen and oxygen atoms in total. The lowest BCUT2D eigenvalue weighted by molar-refractivity contribution is 1.42. The van der Waals surface area contributed by atoms with Gasteiger partial charge in [-0.15, -0.1) is 24.0 Å². The molecule has 1 aromatic heterocycles. The van der Waals surface area contributed by atoms with Crippen molar-refractivity contribution in [3.05, 3.63) is 27.5 Å². The van der Waals surface area contributed by atoms with E-state index >= 15 is 0 Å². The second-order valence-corrected chi connectivity index (χ2v) is 4.74. The summed E-state index contributed by atoms with van der Waals surface area (Å²) < 4.78 is 2.16. The highest BCUT2D eigenvalue weighted by Gasteiger charge is 2.08. The van der Waals surface area contributed by atoms with E-state index in [9.17, 15) is 0 Å². The molecular weight excluding hydrogens is 266 g/mol. The van der Waals surface area contributed by atoms with Gasteiger partial charge >= 0.3 is 0 Å². The van der Waals surface area contributed by atoms with E-state index in [1.807, 2.05) is 11.4 Å². The predicted octanol–water partition coefficient (Wildman–Crippen LogP) is 3.82. The van der Waals surface area contributed by atoms with Crippen molar-refractivity contribution < 1.29 is 0 Å². The molecule has 0 aliphatic heterocycles. The maximum atomic E-state index is 8.80. The Morgan fingerprint density at radius 2 is 2.23 bits per heavy atom. The third-order valence-electron chi connectivity index (χ3n) is 1.79. The van der Waals surface area contributed by atoms with Crippen molar-refractivity contribution in [2.75, 3.05) is 0 Å². The highest BCUT2D eigenvalue weighted by atomic mass is 79.9. The topological polar surface area (TPSA) is 23.8 Å². The minimum atomic E-state index is 0.620. The predicted molar refractivity (Wildman–Crippen MR) is 61.5 cm³/mol. The summed E-state index contributed by atoms with van der Waals surface area (Å²) in [5, 5.41) is 11.8. The van der Waals surface area contributed by atoms with Crippen LogP contribution in [0.2, 0.25) is 0 Å². The fraction of sp³-hybridized carbons (Fsp3) is 0. The molecule has 0 saturated heterocycles. The Morgan fingerprint density at radius 1 is 1.46 bits per heavy atom. The lowest BCUT2D eigenvalue weighted by Crippen LogP contribution is -1.77. The van der Waals surface area contributed by atoms with Crippen molar-refractivity contribution in [3.63, 3.8) is 0 Å². The van der Waals surface area contributed by atoms with Gasteiger partial charge in [0.15, 0.2) is 0 Å². The fourth-order valence-electron chi connectivity index (χ4n) is 1.17. The van der Waals surface area contributed by atoms with E-state index in [-0.39, 0.29) is 0 Å². The van der Waals surface area contributed by atoms with Crippen molar-refractivity contribution in [1.82, 2.24) is 0 Å². The Kier molecular flexibility index (Phi) is 2.33. The van der Waals surface area contributed by atoms with Crippen molar-refractivity contribution in [3.8, 4) is 6.07 Å². The molecule has 0 fully saturated rings. The van der Waals surface area contributed by atoms with E-state index < -0.39 is 0 Å². The third-order valence-corrected chi connectivity index (χ3v) is 4.13. The van der Waals surface area contributed by atoms with Crippen molar-refractivity contribution in [2.24, 2.45) is 0 Å². The molecule has 4 heteroatoms. The normalized spacial score (nSPS) is 10.2. The molecule has 64 valence electrons. The van der Waals surface area contributed by atoms with Crippen molar-refractivity contribution in [1.29, 1.82) is 5.26 Å². The molecule has 1 heterocycles. The Morgan fingerprint density at radius 3 is 2.92 bits per heavy atom. The summed E-state index contributed by atoms with van der Waals surface area (Å²) in [4.78, 5) is 0.758. The number of hydrogen-bond donors (Lipinski definition) is 1.